The summed E-state index contributed by atoms with van der Waals surface area (Å²) in [6.45, 7) is 3.78. The van der Waals surface area contributed by atoms with E-state index in [4.69, 9.17) is 9.47 Å². The van der Waals surface area contributed by atoms with Gasteiger partial charge in [0, 0.05) is 6.42 Å². The average Bonchev–Trinajstić information content (AvgIpc) is 1.28. The zero-order valence-corrected chi connectivity index (χ0v) is 59.1. The Bertz CT molecular complexity index is 1660. The van der Waals surface area contributed by atoms with Gasteiger partial charge in [-0.15, -0.1) is 0 Å². The summed E-state index contributed by atoms with van der Waals surface area (Å²) in [4.78, 5) is 13.2. The molecule has 1 saturated heterocycles. The first-order valence-corrected chi connectivity index (χ1v) is 39.1. The Labute approximate surface area is 557 Å². The zero-order valence-electron chi connectivity index (χ0n) is 59.1. The van der Waals surface area contributed by atoms with Gasteiger partial charge in [-0.3, -0.25) is 4.79 Å². The summed E-state index contributed by atoms with van der Waals surface area (Å²) in [7, 11) is 0. The van der Waals surface area contributed by atoms with Crippen LogP contribution in [0.15, 0.2) is 72.9 Å². The minimum Gasteiger partial charge on any atom is -0.394 e. The number of nitrogens with one attached hydrogen (secondary N) is 1. The fourth-order valence-electron chi connectivity index (χ4n) is 12.5. The topological polar surface area (TPSA) is 149 Å². The summed E-state index contributed by atoms with van der Waals surface area (Å²) in [5.74, 6) is -0.140. The Hall–Kier alpha value is -2.37. The van der Waals surface area contributed by atoms with E-state index < -0.39 is 49.5 Å². The molecule has 526 valence electrons. The standard InChI is InChI=1S/C81H149NO8/c1-3-5-7-9-11-13-15-17-19-21-23-25-27-29-31-33-35-37-38-39-41-43-45-47-49-51-53-55-57-59-61-63-65-67-69-71-77(85)82-74(73-89-81-80(88)79(87)78(86)76(72-83)90-81)75(84)70-68-66-64-62-60-58-56-54-52-50-48-46-44-42-40-36-34-32-30-28-26-24-22-20-18-16-14-12-10-8-6-4-2/h5,7,11,13,17,19,23,25,29,31,35,37,74-76,78-81,83-84,86-88H,3-4,6,8-10,12,14-16,18,20-22,24,26-28,30,32-34,36,38-73H2,1-2H3,(H,82,85)/b7-5-,13-11-,19-17-,25-23-,31-29-,37-35-. The molecule has 1 rings (SSSR count). The number of hydrogen-bond donors (Lipinski definition) is 6. The van der Waals surface area contributed by atoms with Gasteiger partial charge in [-0.25, -0.2) is 0 Å². The number of carbonyl (C=O) groups excluding carboxylic acids is 1. The highest BCUT2D eigenvalue weighted by Crippen LogP contribution is 2.24. The maximum atomic E-state index is 13.2. The first-order valence-electron chi connectivity index (χ1n) is 39.1. The predicted molar refractivity (Wildman–Crippen MR) is 387 cm³/mol. The van der Waals surface area contributed by atoms with Crippen LogP contribution in [0.4, 0.5) is 0 Å². The number of allylic oxidation sites excluding steroid dienone is 12. The van der Waals surface area contributed by atoms with Crippen LogP contribution in [0.3, 0.4) is 0 Å². The van der Waals surface area contributed by atoms with Crippen LogP contribution in [0.1, 0.15) is 380 Å². The molecule has 7 atom stereocenters. The summed E-state index contributed by atoms with van der Waals surface area (Å²) in [6.07, 6.45) is 91.4. The molecule has 1 heterocycles. The summed E-state index contributed by atoms with van der Waals surface area (Å²) >= 11 is 0. The molecule has 9 heteroatoms. The van der Waals surface area contributed by atoms with Crippen molar-refractivity contribution in [2.45, 2.75) is 423 Å². The highest BCUT2D eigenvalue weighted by atomic mass is 16.7. The van der Waals surface area contributed by atoms with Crippen molar-refractivity contribution in [3.05, 3.63) is 72.9 Å². The number of aliphatic hydroxyl groups is 5. The molecule has 7 unspecified atom stereocenters. The monoisotopic (exact) mass is 1260 g/mol. The predicted octanol–water partition coefficient (Wildman–Crippen LogP) is 22.3. The number of amides is 1. The van der Waals surface area contributed by atoms with Crippen molar-refractivity contribution in [3.8, 4) is 0 Å². The molecule has 0 saturated carbocycles. The number of hydrogen-bond acceptors (Lipinski definition) is 8. The molecule has 90 heavy (non-hydrogen) atoms. The fraction of sp³-hybridized carbons (Fsp3) is 0.840. The van der Waals surface area contributed by atoms with Gasteiger partial charge in [0.2, 0.25) is 5.91 Å². The van der Waals surface area contributed by atoms with Gasteiger partial charge in [0.1, 0.15) is 24.4 Å². The molecule has 6 N–H and O–H groups in total. The van der Waals surface area contributed by atoms with Gasteiger partial charge in [-0.05, 0) is 64.2 Å². The van der Waals surface area contributed by atoms with Crippen molar-refractivity contribution in [1.29, 1.82) is 0 Å². The number of carbonyl (C=O) groups is 1. The zero-order chi connectivity index (χ0) is 64.9. The van der Waals surface area contributed by atoms with Crippen LogP contribution in [-0.2, 0) is 14.3 Å². The lowest BCUT2D eigenvalue weighted by molar-refractivity contribution is -0.302. The van der Waals surface area contributed by atoms with E-state index in [1.165, 1.54) is 276 Å². The maximum Gasteiger partial charge on any atom is 0.220 e. The Morgan fingerprint density at radius 2 is 0.689 bits per heavy atom. The second-order valence-corrected chi connectivity index (χ2v) is 27.1. The molecule has 0 aromatic heterocycles. The summed E-state index contributed by atoms with van der Waals surface area (Å²) in [5, 5.41) is 55.1. The number of ether oxygens (including phenoxy) is 2. The molecular weight excluding hydrogens is 1110 g/mol. The number of rotatable bonds is 69. The van der Waals surface area contributed by atoms with E-state index in [1.807, 2.05) is 0 Å². The summed E-state index contributed by atoms with van der Waals surface area (Å²) in [6, 6.07) is -0.724. The maximum absolute atomic E-state index is 13.2. The van der Waals surface area contributed by atoms with Crippen LogP contribution in [-0.4, -0.2) is 87.5 Å². The molecule has 9 nitrogen and oxygen atoms in total. The number of aliphatic hydroxyl groups excluding tert-OH is 5. The van der Waals surface area contributed by atoms with Gasteiger partial charge < -0.3 is 40.3 Å². The Morgan fingerprint density at radius 3 is 1.02 bits per heavy atom. The highest BCUT2D eigenvalue weighted by Gasteiger charge is 2.44. The van der Waals surface area contributed by atoms with Gasteiger partial charge >= 0.3 is 0 Å². The highest BCUT2D eigenvalue weighted by molar-refractivity contribution is 5.76. The molecule has 1 fully saturated rings. The van der Waals surface area contributed by atoms with Gasteiger partial charge in [0.05, 0.1) is 25.4 Å². The van der Waals surface area contributed by atoms with E-state index in [-0.39, 0.29) is 12.5 Å². The van der Waals surface area contributed by atoms with Crippen LogP contribution < -0.4 is 5.32 Å². The van der Waals surface area contributed by atoms with E-state index in [1.54, 1.807) is 0 Å². The largest absolute Gasteiger partial charge is 0.394 e. The Balaban J connectivity index is 2.07. The van der Waals surface area contributed by atoms with Crippen LogP contribution >= 0.6 is 0 Å². The third-order valence-electron chi connectivity index (χ3n) is 18.6. The molecule has 1 aliphatic rings. The van der Waals surface area contributed by atoms with Crippen LogP contribution in [0.5, 0.6) is 0 Å². The van der Waals surface area contributed by atoms with E-state index in [9.17, 15) is 30.3 Å². The Morgan fingerprint density at radius 1 is 0.389 bits per heavy atom. The fourth-order valence-corrected chi connectivity index (χ4v) is 12.5. The first-order chi connectivity index (χ1) is 44.3. The molecule has 0 aliphatic carbocycles. The van der Waals surface area contributed by atoms with Gasteiger partial charge in [0.25, 0.3) is 0 Å². The first kappa shape index (κ1) is 85.6. The molecule has 0 radical (unpaired) electrons. The lowest BCUT2D eigenvalue weighted by atomic mass is 9.99. The third kappa shape index (κ3) is 57.1. The van der Waals surface area contributed by atoms with Gasteiger partial charge in [-0.2, -0.15) is 0 Å². The van der Waals surface area contributed by atoms with E-state index >= 15 is 0 Å². The van der Waals surface area contributed by atoms with E-state index in [0.29, 0.717) is 12.8 Å². The van der Waals surface area contributed by atoms with Crippen molar-refractivity contribution < 1.29 is 39.8 Å². The minimum atomic E-state index is -1.56. The van der Waals surface area contributed by atoms with Crippen molar-refractivity contribution in [1.82, 2.24) is 5.32 Å². The van der Waals surface area contributed by atoms with Gasteiger partial charge in [-0.1, -0.05) is 382 Å². The SMILES string of the molecule is CC/C=C\C/C=C\C/C=C\C/C=C\C/C=C\C/C=C\CCCCCCCCCCCCCCCCCCC(=O)NC(COC1OC(CO)C(O)C(O)C1O)C(O)CCCCCCCCCCCCCCCCCCCCCCCCCCCCCCCCCC. The van der Waals surface area contributed by atoms with Crippen molar-refractivity contribution in [2.75, 3.05) is 13.2 Å². The molecule has 0 aromatic rings. The summed E-state index contributed by atoms with van der Waals surface area (Å²) in [5.41, 5.74) is 0. The molecule has 0 aromatic carbocycles. The second-order valence-electron chi connectivity index (χ2n) is 27.1. The lowest BCUT2D eigenvalue weighted by Crippen LogP contribution is -2.60. The van der Waals surface area contributed by atoms with Crippen molar-refractivity contribution in [3.63, 3.8) is 0 Å². The van der Waals surface area contributed by atoms with Gasteiger partial charge in [0.15, 0.2) is 6.29 Å². The molecule has 0 bridgehead atoms. The number of unbranched alkanes of at least 4 members (excludes halogenated alkanes) is 47. The van der Waals surface area contributed by atoms with Crippen LogP contribution in [0, 0.1) is 0 Å². The minimum absolute atomic E-state index is 0.137. The van der Waals surface area contributed by atoms with Crippen LogP contribution in [0.2, 0.25) is 0 Å². The lowest BCUT2D eigenvalue weighted by Gasteiger charge is -2.40. The van der Waals surface area contributed by atoms with Crippen LogP contribution in [0.25, 0.3) is 0 Å². The molecule has 1 amide bonds. The molecular formula is C81H149NO8. The van der Waals surface area contributed by atoms with Crippen molar-refractivity contribution >= 4 is 5.91 Å². The van der Waals surface area contributed by atoms with Crippen molar-refractivity contribution in [2.24, 2.45) is 0 Å². The second kappa shape index (κ2) is 69.5. The van der Waals surface area contributed by atoms with E-state index in [2.05, 4.69) is 92.1 Å². The molecule has 1 aliphatic heterocycles. The average molecular weight is 1270 g/mol. The quantitative estimate of drug-likeness (QED) is 0.0261. The Kier molecular flexibility index (Phi) is 66.1. The molecule has 0 spiro atoms. The normalized spacial score (nSPS) is 18.1. The smallest absolute Gasteiger partial charge is 0.220 e. The third-order valence-corrected chi connectivity index (χ3v) is 18.6. The summed E-state index contributed by atoms with van der Waals surface area (Å²) < 4.78 is 11.4. The van der Waals surface area contributed by atoms with E-state index in [0.717, 1.165) is 77.0 Å².